The fourth-order valence-corrected chi connectivity index (χ4v) is 3.42. The third-order valence-electron chi connectivity index (χ3n) is 4.79. The number of aromatic nitrogens is 2. The second-order valence-corrected chi connectivity index (χ2v) is 6.41. The van der Waals surface area contributed by atoms with Gasteiger partial charge in [0.25, 0.3) is 5.56 Å². The number of aryl methyl sites for hydroxylation is 1. The molecule has 1 aliphatic heterocycles. The molecule has 138 valence electrons. The molecule has 0 fully saturated rings. The van der Waals surface area contributed by atoms with Crippen molar-refractivity contribution in [1.82, 2.24) is 9.55 Å². The van der Waals surface area contributed by atoms with Crippen LogP contribution < -0.4 is 10.9 Å². The molecule has 27 heavy (non-hydrogen) atoms. The van der Waals surface area contributed by atoms with Gasteiger partial charge in [0.15, 0.2) is 0 Å². The van der Waals surface area contributed by atoms with Crippen LogP contribution in [0.3, 0.4) is 0 Å². The molecule has 7 nitrogen and oxygen atoms in total. The molecule has 1 aliphatic rings. The van der Waals surface area contributed by atoms with E-state index >= 15 is 0 Å². The summed E-state index contributed by atoms with van der Waals surface area (Å²) in [5.74, 6) is -0.398. The smallest absolute Gasteiger partial charge is 0.450 e. The summed E-state index contributed by atoms with van der Waals surface area (Å²) in [7, 11) is 1.64. The van der Waals surface area contributed by atoms with Crippen LogP contribution in [0.15, 0.2) is 29.1 Å². The third-order valence-corrected chi connectivity index (χ3v) is 4.79. The van der Waals surface area contributed by atoms with E-state index in [1.165, 1.54) is 6.07 Å². The largest absolute Gasteiger partial charge is 0.506 e. The van der Waals surface area contributed by atoms with Crippen molar-refractivity contribution in [3.8, 4) is 11.4 Å². The van der Waals surface area contributed by atoms with Crippen LogP contribution in [0.2, 0.25) is 0 Å². The second-order valence-electron chi connectivity index (χ2n) is 6.41. The molecule has 0 radical (unpaired) electrons. The van der Waals surface area contributed by atoms with Gasteiger partial charge in [-0.2, -0.15) is 0 Å². The van der Waals surface area contributed by atoms with Crippen LogP contribution in [0.5, 0.6) is 0 Å². The summed E-state index contributed by atoms with van der Waals surface area (Å²) in [5, 5.41) is 12.3. The lowest BCUT2D eigenvalue weighted by molar-refractivity contribution is 0.0848. The summed E-state index contributed by atoms with van der Waals surface area (Å²) in [6.07, 6.45) is -1.43. The molecule has 0 amide bonds. The quantitative estimate of drug-likeness (QED) is 0.539. The van der Waals surface area contributed by atoms with Crippen molar-refractivity contribution in [1.29, 1.82) is 0 Å². The highest BCUT2D eigenvalue weighted by Crippen LogP contribution is 2.33. The zero-order valence-corrected chi connectivity index (χ0v) is 14.7. The van der Waals surface area contributed by atoms with Crippen LogP contribution >= 0.6 is 0 Å². The number of benzene rings is 1. The molecule has 0 saturated carbocycles. The molecule has 0 aliphatic carbocycles. The van der Waals surface area contributed by atoms with Crippen molar-refractivity contribution >= 4 is 22.7 Å². The van der Waals surface area contributed by atoms with Crippen LogP contribution in [-0.2, 0) is 17.9 Å². The van der Waals surface area contributed by atoms with Crippen molar-refractivity contribution < 1.29 is 19.0 Å². The maximum atomic E-state index is 14.1. The Labute approximate surface area is 153 Å². The zero-order valence-electron chi connectivity index (χ0n) is 14.7. The SMILES string of the molecule is CNc1cc2cc3c(nc2cc1F)-c1cc(C)c(COC(=O)O)c(=O)n1C3. The Morgan fingerprint density at radius 2 is 2.15 bits per heavy atom. The minimum Gasteiger partial charge on any atom is -0.450 e. The molecule has 2 N–H and O–H groups in total. The highest BCUT2D eigenvalue weighted by atomic mass is 19.1. The molecular formula is C19H16FN3O4. The van der Waals surface area contributed by atoms with Gasteiger partial charge in [0.1, 0.15) is 12.4 Å². The Balaban J connectivity index is 1.86. The van der Waals surface area contributed by atoms with Crippen LogP contribution in [-0.4, -0.2) is 27.9 Å². The van der Waals surface area contributed by atoms with Crippen molar-refractivity contribution in [3.05, 3.63) is 57.1 Å². The zero-order chi connectivity index (χ0) is 19.3. The number of anilines is 1. The van der Waals surface area contributed by atoms with Gasteiger partial charge in [-0.3, -0.25) is 4.79 Å². The number of pyridine rings is 2. The average molecular weight is 369 g/mol. The van der Waals surface area contributed by atoms with Gasteiger partial charge in [-0.15, -0.1) is 0 Å². The first kappa shape index (κ1) is 17.0. The number of carboxylic acid groups (broad SMARTS) is 1. The first-order valence-corrected chi connectivity index (χ1v) is 8.29. The van der Waals surface area contributed by atoms with E-state index in [9.17, 15) is 14.0 Å². The van der Waals surface area contributed by atoms with Gasteiger partial charge in [-0.05, 0) is 30.7 Å². The number of hydrogen-bond acceptors (Lipinski definition) is 5. The highest BCUT2D eigenvalue weighted by Gasteiger charge is 2.25. The predicted octanol–water partition coefficient (Wildman–Crippen LogP) is 3.11. The van der Waals surface area contributed by atoms with Gasteiger partial charge in [-0.25, -0.2) is 14.2 Å². The van der Waals surface area contributed by atoms with E-state index in [1.807, 2.05) is 6.07 Å². The van der Waals surface area contributed by atoms with Crippen LogP contribution in [0.4, 0.5) is 14.9 Å². The summed E-state index contributed by atoms with van der Waals surface area (Å²) < 4.78 is 20.2. The number of hydrogen-bond donors (Lipinski definition) is 2. The van der Waals surface area contributed by atoms with E-state index in [4.69, 9.17) is 5.11 Å². The van der Waals surface area contributed by atoms with Gasteiger partial charge in [0.2, 0.25) is 0 Å². The molecule has 4 rings (SSSR count). The molecule has 2 aromatic heterocycles. The van der Waals surface area contributed by atoms with E-state index in [-0.39, 0.29) is 12.2 Å². The van der Waals surface area contributed by atoms with Gasteiger partial charge in [0.05, 0.1) is 34.7 Å². The maximum absolute atomic E-state index is 14.1. The molecule has 0 atom stereocenters. The minimum absolute atomic E-state index is 0.294. The van der Waals surface area contributed by atoms with Crippen LogP contribution in [0, 0.1) is 12.7 Å². The van der Waals surface area contributed by atoms with E-state index in [1.54, 1.807) is 30.7 Å². The van der Waals surface area contributed by atoms with E-state index in [0.29, 0.717) is 40.3 Å². The summed E-state index contributed by atoms with van der Waals surface area (Å²) in [5.41, 5.74) is 3.60. The maximum Gasteiger partial charge on any atom is 0.506 e. The number of halogens is 1. The molecule has 3 aromatic rings. The number of fused-ring (bicyclic) bond motifs is 4. The Hall–Kier alpha value is -3.42. The van der Waals surface area contributed by atoms with E-state index in [0.717, 1.165) is 10.9 Å². The summed E-state index contributed by atoms with van der Waals surface area (Å²) in [4.78, 5) is 28.0. The van der Waals surface area contributed by atoms with Gasteiger partial charge in [0, 0.05) is 24.1 Å². The van der Waals surface area contributed by atoms with Crippen molar-refractivity contribution in [2.45, 2.75) is 20.1 Å². The Morgan fingerprint density at radius 1 is 1.37 bits per heavy atom. The molecule has 8 heteroatoms. The van der Waals surface area contributed by atoms with Crippen molar-refractivity contribution in [2.24, 2.45) is 0 Å². The average Bonchev–Trinajstić information content (AvgIpc) is 2.96. The second kappa shape index (κ2) is 6.08. The third kappa shape index (κ3) is 2.69. The van der Waals surface area contributed by atoms with Crippen LogP contribution in [0.1, 0.15) is 16.7 Å². The standard InChI is InChI=1S/C19H16FN3O4/c1-9-3-16-17-11(7-23(16)18(24)12(9)8-27-19(25)26)4-10-5-15(21-2)13(20)6-14(10)22-17/h3-6,21H,7-8H2,1-2H3,(H,25,26). The van der Waals surface area contributed by atoms with Gasteiger partial charge >= 0.3 is 6.16 Å². The molecule has 3 heterocycles. The van der Waals surface area contributed by atoms with Crippen LogP contribution in [0.25, 0.3) is 22.3 Å². The topological polar surface area (TPSA) is 93.5 Å². The fraction of sp³-hybridized carbons (Fsp3) is 0.211. The molecule has 0 spiro atoms. The first-order chi connectivity index (χ1) is 12.9. The number of nitrogens with zero attached hydrogens (tertiary/aromatic N) is 2. The summed E-state index contributed by atoms with van der Waals surface area (Å²) >= 11 is 0. The summed E-state index contributed by atoms with van der Waals surface area (Å²) in [6, 6.07) is 6.73. The number of rotatable bonds is 3. The molecule has 0 bridgehead atoms. The minimum atomic E-state index is -1.43. The molecule has 0 unspecified atom stereocenters. The first-order valence-electron chi connectivity index (χ1n) is 8.29. The van der Waals surface area contributed by atoms with E-state index in [2.05, 4.69) is 15.0 Å². The van der Waals surface area contributed by atoms with Gasteiger partial charge in [-0.1, -0.05) is 0 Å². The molecular weight excluding hydrogens is 353 g/mol. The Kier molecular flexibility index (Phi) is 3.83. The summed E-state index contributed by atoms with van der Waals surface area (Å²) in [6.45, 7) is 1.74. The van der Waals surface area contributed by atoms with Gasteiger partial charge < -0.3 is 19.7 Å². The Bertz CT molecular complexity index is 1170. The van der Waals surface area contributed by atoms with E-state index < -0.39 is 12.0 Å². The Morgan fingerprint density at radius 3 is 2.85 bits per heavy atom. The lowest BCUT2D eigenvalue weighted by Gasteiger charge is -2.10. The lowest BCUT2D eigenvalue weighted by Crippen LogP contribution is -2.25. The lowest BCUT2D eigenvalue weighted by atomic mass is 10.1. The molecule has 1 aromatic carbocycles. The monoisotopic (exact) mass is 369 g/mol. The number of nitrogens with one attached hydrogen (secondary N) is 1. The number of carbonyl (C=O) groups is 1. The van der Waals surface area contributed by atoms with Crippen molar-refractivity contribution in [2.75, 3.05) is 12.4 Å². The van der Waals surface area contributed by atoms with Crippen molar-refractivity contribution in [3.63, 3.8) is 0 Å². The number of ether oxygens (including phenoxy) is 1. The molecule has 0 saturated heterocycles. The fourth-order valence-electron chi connectivity index (χ4n) is 3.42. The predicted molar refractivity (Wildman–Crippen MR) is 97.6 cm³/mol. The highest BCUT2D eigenvalue weighted by molar-refractivity contribution is 5.87. The normalized spacial score (nSPS) is 12.0.